The maximum absolute atomic E-state index is 13.1. The predicted octanol–water partition coefficient (Wildman–Crippen LogP) is 2.39. The van der Waals surface area contributed by atoms with E-state index in [1.165, 1.54) is 12.1 Å². The van der Waals surface area contributed by atoms with Gasteiger partial charge in [0.15, 0.2) is 11.7 Å². The third kappa shape index (κ3) is 5.04. The van der Waals surface area contributed by atoms with E-state index in [9.17, 15) is 4.39 Å². The molecular formula is C20H25FN6. The molecule has 1 unspecified atom stereocenters. The van der Waals surface area contributed by atoms with E-state index in [4.69, 9.17) is 16.5 Å². The molecule has 0 radical (unpaired) electrons. The molecule has 2 atom stereocenters. The zero-order valence-electron chi connectivity index (χ0n) is 15.3. The molecule has 142 valence electrons. The van der Waals surface area contributed by atoms with Gasteiger partial charge in [0.1, 0.15) is 5.82 Å². The normalized spacial score (nSPS) is 21.9. The van der Waals surface area contributed by atoms with E-state index in [0.717, 1.165) is 17.5 Å². The molecule has 0 spiro atoms. The summed E-state index contributed by atoms with van der Waals surface area (Å²) in [6.07, 6.45) is 1.95. The van der Waals surface area contributed by atoms with Crippen LogP contribution in [-0.4, -0.2) is 17.7 Å². The lowest BCUT2D eigenvalue weighted by Gasteiger charge is -2.33. The summed E-state index contributed by atoms with van der Waals surface area (Å²) in [5, 5.41) is 6.10. The van der Waals surface area contributed by atoms with Gasteiger partial charge < -0.3 is 11.1 Å². The Hall–Kier alpha value is -2.93. The lowest BCUT2D eigenvalue weighted by molar-refractivity contribution is 0.368. The van der Waals surface area contributed by atoms with Crippen molar-refractivity contribution in [3.8, 4) is 0 Å². The van der Waals surface area contributed by atoms with Gasteiger partial charge in [-0.2, -0.15) is 0 Å². The van der Waals surface area contributed by atoms with Crippen molar-refractivity contribution in [3.63, 3.8) is 0 Å². The molecule has 3 rings (SSSR count). The van der Waals surface area contributed by atoms with Crippen LogP contribution < -0.4 is 22.1 Å². The minimum atomic E-state index is -1.07. The van der Waals surface area contributed by atoms with Crippen molar-refractivity contribution in [1.29, 1.82) is 0 Å². The summed E-state index contributed by atoms with van der Waals surface area (Å²) in [6, 6.07) is 16.4. The van der Waals surface area contributed by atoms with Gasteiger partial charge in [-0.05, 0) is 36.1 Å². The second kappa shape index (κ2) is 8.18. The third-order valence-electron chi connectivity index (χ3n) is 4.47. The molecule has 7 heteroatoms. The highest BCUT2D eigenvalue weighted by molar-refractivity contribution is 6.00. The Bertz CT molecular complexity index is 818. The van der Waals surface area contributed by atoms with Crippen LogP contribution in [0.4, 0.5) is 4.39 Å². The van der Waals surface area contributed by atoms with Crippen molar-refractivity contribution in [3.05, 3.63) is 71.5 Å². The standard InChI is InChI=1S/C20H25FN6/c1-2-17(15-6-4-3-5-7-15)24-19-25-18(22)26-20(23,27-19)13-12-14-8-10-16(21)11-9-14/h3-11,17H,2,12-13,23H2,1H3,(H4,22,24,25,26,27)/t17-,20?/m0/s1. The monoisotopic (exact) mass is 368 g/mol. The fourth-order valence-corrected chi connectivity index (χ4v) is 3.03. The van der Waals surface area contributed by atoms with Gasteiger partial charge in [0.05, 0.1) is 6.04 Å². The van der Waals surface area contributed by atoms with Crippen molar-refractivity contribution >= 4 is 11.9 Å². The minimum Gasteiger partial charge on any atom is -0.370 e. The fourth-order valence-electron chi connectivity index (χ4n) is 3.03. The van der Waals surface area contributed by atoms with E-state index >= 15 is 0 Å². The SMILES string of the molecule is CC[C@H](N=C1NC(N)=NC(N)(CCc2ccc(F)cc2)N1)c1ccccc1. The molecule has 0 saturated heterocycles. The van der Waals surface area contributed by atoms with Crippen LogP contribution in [-0.2, 0) is 6.42 Å². The van der Waals surface area contributed by atoms with Crippen LogP contribution in [0.15, 0.2) is 64.6 Å². The lowest BCUT2D eigenvalue weighted by Crippen LogP contribution is -2.65. The smallest absolute Gasteiger partial charge is 0.201 e. The van der Waals surface area contributed by atoms with Crippen LogP contribution in [0, 0.1) is 5.82 Å². The molecule has 1 heterocycles. The van der Waals surface area contributed by atoms with Crippen LogP contribution in [0.2, 0.25) is 0 Å². The molecule has 2 aromatic carbocycles. The predicted molar refractivity (Wildman–Crippen MR) is 106 cm³/mol. The third-order valence-corrected chi connectivity index (χ3v) is 4.47. The number of hydrogen-bond donors (Lipinski definition) is 4. The van der Waals surface area contributed by atoms with Crippen molar-refractivity contribution in [1.82, 2.24) is 10.6 Å². The molecule has 6 nitrogen and oxygen atoms in total. The average molecular weight is 368 g/mol. The number of nitrogens with one attached hydrogen (secondary N) is 2. The summed E-state index contributed by atoms with van der Waals surface area (Å²) in [6.45, 7) is 2.08. The van der Waals surface area contributed by atoms with Crippen molar-refractivity contribution in [2.24, 2.45) is 21.5 Å². The van der Waals surface area contributed by atoms with Gasteiger partial charge in [-0.3, -0.25) is 11.1 Å². The second-order valence-corrected chi connectivity index (χ2v) is 6.61. The summed E-state index contributed by atoms with van der Waals surface area (Å²) in [4.78, 5) is 9.04. The molecule has 0 saturated carbocycles. The molecule has 1 aliphatic heterocycles. The van der Waals surface area contributed by atoms with E-state index in [2.05, 4.69) is 22.5 Å². The van der Waals surface area contributed by atoms with Crippen LogP contribution in [0.3, 0.4) is 0 Å². The van der Waals surface area contributed by atoms with Crippen molar-refractivity contribution in [2.75, 3.05) is 0 Å². The number of halogens is 1. The zero-order chi connectivity index (χ0) is 19.3. The number of aliphatic imine (C=N–C) groups is 2. The number of nitrogens with two attached hydrogens (primary N) is 2. The Balaban J connectivity index is 1.74. The number of benzene rings is 2. The largest absolute Gasteiger partial charge is 0.370 e. The Morgan fingerprint density at radius 1 is 1.15 bits per heavy atom. The molecule has 0 amide bonds. The molecule has 27 heavy (non-hydrogen) atoms. The maximum Gasteiger partial charge on any atom is 0.201 e. The first kappa shape index (κ1) is 18.8. The van der Waals surface area contributed by atoms with Crippen molar-refractivity contribution < 1.29 is 4.39 Å². The van der Waals surface area contributed by atoms with Gasteiger partial charge in [0, 0.05) is 6.42 Å². The van der Waals surface area contributed by atoms with Crippen LogP contribution >= 0.6 is 0 Å². The summed E-state index contributed by atoms with van der Waals surface area (Å²) in [7, 11) is 0. The van der Waals surface area contributed by atoms with E-state index in [1.807, 2.05) is 30.3 Å². The van der Waals surface area contributed by atoms with Gasteiger partial charge in [-0.15, -0.1) is 0 Å². The Morgan fingerprint density at radius 3 is 2.52 bits per heavy atom. The summed E-state index contributed by atoms with van der Waals surface area (Å²) < 4.78 is 13.1. The quantitative estimate of drug-likeness (QED) is 0.629. The highest BCUT2D eigenvalue weighted by atomic mass is 19.1. The topological polar surface area (TPSA) is 101 Å². The first-order chi connectivity index (χ1) is 13.0. The van der Waals surface area contributed by atoms with Crippen LogP contribution in [0.25, 0.3) is 0 Å². The first-order valence-corrected chi connectivity index (χ1v) is 9.04. The number of hydrogen-bond acceptors (Lipinski definition) is 4. The second-order valence-electron chi connectivity index (χ2n) is 6.61. The Morgan fingerprint density at radius 2 is 1.85 bits per heavy atom. The van der Waals surface area contributed by atoms with E-state index in [-0.39, 0.29) is 17.8 Å². The van der Waals surface area contributed by atoms with E-state index < -0.39 is 5.79 Å². The molecular weight excluding hydrogens is 343 g/mol. The van der Waals surface area contributed by atoms with Crippen molar-refractivity contribution in [2.45, 2.75) is 38.0 Å². The fraction of sp³-hybridized carbons (Fsp3) is 0.300. The molecule has 0 aliphatic carbocycles. The first-order valence-electron chi connectivity index (χ1n) is 9.04. The zero-order valence-corrected chi connectivity index (χ0v) is 15.3. The number of nitrogens with zero attached hydrogens (tertiary/aromatic N) is 2. The van der Waals surface area contributed by atoms with Crippen LogP contribution in [0.5, 0.6) is 0 Å². The Labute approximate surface area is 158 Å². The average Bonchev–Trinajstić information content (AvgIpc) is 2.66. The van der Waals surface area contributed by atoms with Gasteiger partial charge >= 0.3 is 0 Å². The van der Waals surface area contributed by atoms with Gasteiger partial charge in [0.25, 0.3) is 0 Å². The van der Waals surface area contributed by atoms with E-state index in [0.29, 0.717) is 18.8 Å². The summed E-state index contributed by atoms with van der Waals surface area (Å²) in [5.41, 5.74) is 14.4. The van der Waals surface area contributed by atoms with Crippen LogP contribution in [0.1, 0.15) is 36.9 Å². The number of guanidine groups is 2. The van der Waals surface area contributed by atoms with Gasteiger partial charge in [-0.1, -0.05) is 49.4 Å². The molecule has 0 bridgehead atoms. The maximum atomic E-state index is 13.1. The Kier molecular flexibility index (Phi) is 5.71. The molecule has 2 aromatic rings. The highest BCUT2D eigenvalue weighted by Crippen LogP contribution is 2.21. The molecule has 0 fully saturated rings. The summed E-state index contributed by atoms with van der Waals surface area (Å²) >= 11 is 0. The minimum absolute atomic E-state index is 0.0200. The van der Waals surface area contributed by atoms with Gasteiger partial charge in [-0.25, -0.2) is 14.4 Å². The molecule has 1 aliphatic rings. The summed E-state index contributed by atoms with van der Waals surface area (Å²) in [5.74, 6) is -0.612. The number of rotatable bonds is 6. The molecule has 6 N–H and O–H groups in total. The highest BCUT2D eigenvalue weighted by Gasteiger charge is 2.30. The lowest BCUT2D eigenvalue weighted by atomic mass is 10.1. The molecule has 0 aromatic heterocycles. The van der Waals surface area contributed by atoms with Gasteiger partial charge in [0.2, 0.25) is 5.96 Å². The van der Waals surface area contributed by atoms with E-state index in [1.54, 1.807) is 12.1 Å². The number of aryl methyl sites for hydroxylation is 1.